The van der Waals surface area contributed by atoms with Gasteiger partial charge < -0.3 is 0 Å². The predicted molar refractivity (Wildman–Crippen MR) is 74.0 cm³/mol. The van der Waals surface area contributed by atoms with Crippen molar-refractivity contribution in [2.75, 3.05) is 0 Å². The number of hydrogen-bond acceptors (Lipinski definition) is 1. The summed E-state index contributed by atoms with van der Waals surface area (Å²) < 4.78 is 98.2. The summed E-state index contributed by atoms with van der Waals surface area (Å²) in [5.74, 6) is 0. The van der Waals surface area contributed by atoms with E-state index in [0.29, 0.717) is 0 Å². The van der Waals surface area contributed by atoms with E-state index in [4.69, 9.17) is 5.39 Å². The Morgan fingerprint density at radius 2 is 1.12 bits per heavy atom. The van der Waals surface area contributed by atoms with Crippen LogP contribution in [0.3, 0.4) is 0 Å². The summed E-state index contributed by atoms with van der Waals surface area (Å²) >= 11 is -11.2. The Morgan fingerprint density at radius 3 is 1.56 bits per heavy atom. The number of nitrogens with zero attached hydrogens (tertiary/aromatic N) is 2. The molecule has 0 aliphatic carbocycles. The first kappa shape index (κ1) is 21.1. The second kappa shape index (κ2) is 6.09. The molecule has 138 valence electrons. The summed E-state index contributed by atoms with van der Waals surface area (Å²) in [6.45, 7) is 0. The van der Waals surface area contributed by atoms with Gasteiger partial charge in [0.25, 0.3) is 0 Å². The van der Waals surface area contributed by atoms with Crippen LogP contribution in [-0.2, 0) is 6.18 Å². The molecule has 0 aliphatic heterocycles. The van der Waals surface area contributed by atoms with E-state index < -0.39 is 31.2 Å². The van der Waals surface area contributed by atoms with Crippen LogP contribution in [0.2, 0.25) is 0 Å². The zero-order chi connectivity index (χ0) is 19.6. The summed E-state index contributed by atoms with van der Waals surface area (Å²) in [6.07, 6.45) is -4.45. The molecule has 0 saturated carbocycles. The number of benzene rings is 2. The number of alkyl halides is 3. The second-order valence-corrected chi connectivity index (χ2v) is 10.1. The first-order valence-corrected chi connectivity index (χ1v) is 11.9. The summed E-state index contributed by atoms with van der Waals surface area (Å²) in [5, 5.41) is 8.82. The third-order valence-corrected chi connectivity index (χ3v) is 2.53. The third-order valence-electron chi connectivity index (χ3n) is 2.53. The molecule has 0 heterocycles. The number of rotatable bonds is 1. The van der Waals surface area contributed by atoms with E-state index in [0.717, 1.165) is 6.07 Å². The number of diazo groups is 1. The fourth-order valence-corrected chi connectivity index (χ4v) is 1.75. The summed E-state index contributed by atoms with van der Waals surface area (Å²) in [5.41, 5.74) is -0.401. The molecule has 0 spiro atoms. The van der Waals surface area contributed by atoms with Crippen molar-refractivity contribution in [1.82, 2.24) is 0 Å². The Kier molecular flexibility index (Phi) is 5.14. The Morgan fingerprint density at radius 1 is 0.720 bits per heavy atom. The molecule has 0 radical (unpaired) electrons. The predicted octanol–water partition coefficient (Wildman–Crippen LogP) is 7.00. The van der Waals surface area contributed by atoms with Gasteiger partial charge in [0, 0.05) is 11.6 Å². The quantitative estimate of drug-likeness (QED) is 0.243. The van der Waals surface area contributed by atoms with Crippen molar-refractivity contribution in [3.8, 4) is 11.1 Å². The van der Waals surface area contributed by atoms with Gasteiger partial charge >= 0.3 is 48.2 Å². The third kappa shape index (κ3) is 8.63. The van der Waals surface area contributed by atoms with Crippen LogP contribution in [0, 0.1) is 5.39 Å². The van der Waals surface area contributed by atoms with Crippen LogP contribution in [0.25, 0.3) is 16.1 Å². The zero-order valence-corrected chi connectivity index (χ0v) is 14.4. The molecule has 2 rings (SSSR count). The molecule has 2 aromatic rings. The monoisotopic (exact) mass is 484 g/mol. The van der Waals surface area contributed by atoms with Crippen molar-refractivity contribution in [1.29, 1.82) is 5.39 Å². The van der Waals surface area contributed by atoms with Crippen molar-refractivity contribution in [3.05, 3.63) is 59.1 Å². The molecule has 0 aliphatic rings. The first-order valence-electron chi connectivity index (χ1n) is 6.16. The van der Waals surface area contributed by atoms with Gasteiger partial charge in [-0.25, -0.2) is 0 Å². The van der Waals surface area contributed by atoms with Crippen LogP contribution < -0.4 is 0 Å². The van der Waals surface area contributed by atoms with Crippen molar-refractivity contribution in [3.63, 3.8) is 0 Å². The van der Waals surface area contributed by atoms with E-state index in [9.17, 15) is 30.0 Å². The maximum absolute atomic E-state index is 12.9. The van der Waals surface area contributed by atoms with E-state index >= 15 is 0 Å². The topological polar surface area (TPSA) is 28.1 Å². The van der Waals surface area contributed by atoms with Gasteiger partial charge in [-0.3, -0.25) is 0 Å². The second-order valence-electron chi connectivity index (χ2n) is 4.62. The van der Waals surface area contributed by atoms with E-state index in [1.165, 1.54) is 30.3 Å². The van der Waals surface area contributed by atoms with Gasteiger partial charge in [-0.2, -0.15) is 13.2 Å². The molecule has 0 bridgehead atoms. The molecule has 0 amide bonds. The fourth-order valence-electron chi connectivity index (χ4n) is 1.75. The van der Waals surface area contributed by atoms with Gasteiger partial charge in [-0.1, -0.05) is 30.3 Å². The summed E-state index contributed by atoms with van der Waals surface area (Å²) in [6, 6.07) is 11.3. The Labute approximate surface area is 137 Å². The normalized spacial score (nSPS) is 14.4. The van der Waals surface area contributed by atoms with E-state index in [1.54, 1.807) is 12.1 Å². The Hall–Kier alpha value is -1.95. The minimum atomic E-state index is -11.2. The molecular weight excluding hydrogens is 477 g/mol. The van der Waals surface area contributed by atoms with Crippen LogP contribution in [0.1, 0.15) is 5.56 Å². The van der Waals surface area contributed by atoms with Gasteiger partial charge in [0.05, 0.1) is 11.1 Å². The molecule has 25 heavy (non-hydrogen) atoms. The van der Waals surface area contributed by atoms with Crippen molar-refractivity contribution >= 4 is 25.2 Å². The maximum atomic E-state index is 12.9. The molecular formula is C13H8F9N2Sb. The van der Waals surface area contributed by atoms with E-state index in [-0.39, 0.29) is 16.8 Å². The summed E-state index contributed by atoms with van der Waals surface area (Å²) in [7, 11) is 0. The molecule has 0 saturated heterocycles. The SMILES string of the molecule is N#[N+]c1ccccc1-c1ccccc1C(F)(F)F.[F][Sb-]([F])([F])([F])([F])[F]. The van der Waals surface area contributed by atoms with Crippen LogP contribution in [0.15, 0.2) is 48.5 Å². The summed E-state index contributed by atoms with van der Waals surface area (Å²) in [4.78, 5) is 3.00. The Bertz CT molecular complexity index is 793. The average Bonchev–Trinajstić information content (AvgIpc) is 2.43. The van der Waals surface area contributed by atoms with Crippen molar-refractivity contribution in [2.24, 2.45) is 0 Å². The fraction of sp³-hybridized carbons (Fsp3) is 0.0769. The van der Waals surface area contributed by atoms with Gasteiger partial charge in [-0.05, 0) is 12.1 Å². The van der Waals surface area contributed by atoms with Crippen LogP contribution in [0.4, 0.5) is 35.7 Å². The first-order chi connectivity index (χ1) is 11.0. The minimum absolute atomic E-state index is 0.00148. The van der Waals surface area contributed by atoms with Crippen molar-refractivity contribution < 1.29 is 30.0 Å². The Balaban J connectivity index is 0.000000381. The molecule has 2 aromatic carbocycles. The van der Waals surface area contributed by atoms with Gasteiger partial charge in [0.15, 0.2) is 4.98 Å². The van der Waals surface area contributed by atoms with Crippen molar-refractivity contribution in [2.45, 2.75) is 6.18 Å². The van der Waals surface area contributed by atoms with Crippen LogP contribution in [0.5, 0.6) is 0 Å². The van der Waals surface area contributed by atoms with Crippen LogP contribution >= 0.6 is 0 Å². The average molecular weight is 485 g/mol. The zero-order valence-electron chi connectivity index (χ0n) is 11.9. The van der Waals surface area contributed by atoms with Crippen LogP contribution in [-0.4, -0.2) is 19.5 Å². The van der Waals surface area contributed by atoms with E-state index in [2.05, 4.69) is 4.98 Å². The molecule has 0 fully saturated rings. The number of hydrogen-bond donors (Lipinski definition) is 0. The van der Waals surface area contributed by atoms with Gasteiger partial charge in [-0.15, -0.1) is 0 Å². The molecule has 2 nitrogen and oxygen atoms in total. The van der Waals surface area contributed by atoms with E-state index in [1.807, 2.05) is 0 Å². The molecule has 0 aromatic heterocycles. The van der Waals surface area contributed by atoms with Gasteiger partial charge in [0.1, 0.15) is 0 Å². The standard InChI is InChI=1S/C13H8F3N2.6FH.Sb/c14-13(15,16)11-7-3-1-5-9(11)10-6-2-4-8-12(10)18-17;;;;;;;/h1-8H;6*1H;/q+1;;;;;;;+5/p-6. The number of halogens is 9. The molecule has 0 unspecified atom stereocenters. The van der Waals surface area contributed by atoms with Gasteiger partial charge in [0.2, 0.25) is 5.39 Å². The molecule has 0 N–H and O–H groups in total. The molecule has 0 atom stereocenters. The molecule has 12 heteroatoms.